The Morgan fingerprint density at radius 2 is 1.21 bits per heavy atom. The maximum absolute atomic E-state index is 14.8. The van der Waals surface area contributed by atoms with E-state index in [9.17, 15) is 22.0 Å². The number of rotatable bonds is 3. The van der Waals surface area contributed by atoms with Crippen LogP contribution in [0.15, 0.2) is 60.7 Å². The first-order chi connectivity index (χ1) is 13.9. The molecule has 0 heterocycles. The van der Waals surface area contributed by atoms with Gasteiger partial charge in [0.15, 0.2) is 17.5 Å². The van der Waals surface area contributed by atoms with Crippen molar-refractivity contribution in [2.24, 2.45) is 0 Å². The SMILES string of the molecule is CCc1ccc(-c2ccc(-c3ccc4c(F)c(F)c(F)cc4c3)c(F)c2)c(F)c1. The zero-order valence-electron chi connectivity index (χ0n) is 15.4. The third-order valence-electron chi connectivity index (χ3n) is 5.01. The highest BCUT2D eigenvalue weighted by atomic mass is 19.2. The summed E-state index contributed by atoms with van der Waals surface area (Å²) in [5.74, 6) is -5.18. The van der Waals surface area contributed by atoms with E-state index in [-0.39, 0.29) is 21.9 Å². The van der Waals surface area contributed by atoms with Gasteiger partial charge in [-0.1, -0.05) is 43.3 Å². The third-order valence-corrected chi connectivity index (χ3v) is 5.01. The van der Waals surface area contributed by atoms with Gasteiger partial charge in [0.2, 0.25) is 0 Å². The van der Waals surface area contributed by atoms with Crippen molar-refractivity contribution in [3.63, 3.8) is 0 Å². The van der Waals surface area contributed by atoms with Gasteiger partial charge in [0, 0.05) is 16.5 Å². The molecule has 0 fully saturated rings. The van der Waals surface area contributed by atoms with E-state index in [0.717, 1.165) is 11.6 Å². The average Bonchev–Trinajstić information content (AvgIpc) is 2.71. The van der Waals surface area contributed by atoms with Crippen molar-refractivity contribution in [2.75, 3.05) is 0 Å². The molecule has 0 bridgehead atoms. The van der Waals surface area contributed by atoms with E-state index in [1.54, 1.807) is 18.2 Å². The highest BCUT2D eigenvalue weighted by Crippen LogP contribution is 2.32. The van der Waals surface area contributed by atoms with Crippen LogP contribution in [-0.2, 0) is 6.42 Å². The van der Waals surface area contributed by atoms with Crippen molar-refractivity contribution in [1.29, 1.82) is 0 Å². The van der Waals surface area contributed by atoms with Crippen molar-refractivity contribution in [3.05, 3.63) is 95.3 Å². The second-order valence-corrected chi connectivity index (χ2v) is 6.78. The molecule has 5 heteroatoms. The zero-order chi connectivity index (χ0) is 20.7. The van der Waals surface area contributed by atoms with Gasteiger partial charge in [-0.2, -0.15) is 0 Å². The van der Waals surface area contributed by atoms with E-state index in [1.165, 1.54) is 36.4 Å². The molecule has 4 aromatic rings. The Balaban J connectivity index is 1.78. The molecular weight excluding hydrogens is 383 g/mol. The van der Waals surface area contributed by atoms with Gasteiger partial charge >= 0.3 is 0 Å². The molecule has 0 nitrogen and oxygen atoms in total. The van der Waals surface area contributed by atoms with Crippen molar-refractivity contribution in [2.45, 2.75) is 13.3 Å². The number of fused-ring (bicyclic) bond motifs is 1. The van der Waals surface area contributed by atoms with Gasteiger partial charge in [-0.3, -0.25) is 0 Å². The summed E-state index contributed by atoms with van der Waals surface area (Å²) in [6, 6.07) is 14.1. The fourth-order valence-electron chi connectivity index (χ4n) is 3.40. The Kier molecular flexibility index (Phi) is 4.82. The Labute approximate surface area is 164 Å². The van der Waals surface area contributed by atoms with Crippen LogP contribution in [0, 0.1) is 29.1 Å². The topological polar surface area (TPSA) is 0 Å². The van der Waals surface area contributed by atoms with Crippen LogP contribution in [0.5, 0.6) is 0 Å². The summed E-state index contributed by atoms with van der Waals surface area (Å²) in [4.78, 5) is 0. The molecule has 0 spiro atoms. The molecular formula is C24H15F5. The molecule has 0 saturated carbocycles. The van der Waals surface area contributed by atoms with Crippen molar-refractivity contribution < 1.29 is 22.0 Å². The maximum Gasteiger partial charge on any atom is 0.195 e. The Hall–Kier alpha value is -3.21. The predicted octanol–water partition coefficient (Wildman–Crippen LogP) is 7.43. The largest absolute Gasteiger partial charge is 0.206 e. The van der Waals surface area contributed by atoms with Crippen LogP contribution in [0.3, 0.4) is 0 Å². The van der Waals surface area contributed by atoms with Crippen molar-refractivity contribution >= 4 is 10.8 Å². The summed E-state index contributed by atoms with van der Waals surface area (Å²) in [5, 5.41) is 0.0198. The molecule has 0 saturated heterocycles. The molecule has 0 aliphatic carbocycles. The normalized spacial score (nSPS) is 11.2. The van der Waals surface area contributed by atoms with Crippen LogP contribution in [-0.4, -0.2) is 0 Å². The predicted molar refractivity (Wildman–Crippen MR) is 104 cm³/mol. The number of aryl methyl sites for hydroxylation is 1. The molecule has 4 aromatic carbocycles. The molecule has 0 N–H and O–H groups in total. The van der Waals surface area contributed by atoms with E-state index in [0.29, 0.717) is 17.5 Å². The van der Waals surface area contributed by atoms with Gasteiger partial charge in [0.25, 0.3) is 0 Å². The minimum Gasteiger partial charge on any atom is -0.206 e. The number of hydrogen-bond donors (Lipinski definition) is 0. The van der Waals surface area contributed by atoms with E-state index >= 15 is 0 Å². The molecule has 0 aromatic heterocycles. The molecule has 29 heavy (non-hydrogen) atoms. The van der Waals surface area contributed by atoms with Gasteiger partial charge < -0.3 is 0 Å². The zero-order valence-corrected chi connectivity index (χ0v) is 15.4. The smallest absolute Gasteiger partial charge is 0.195 e. The second-order valence-electron chi connectivity index (χ2n) is 6.78. The molecule has 0 aliphatic rings. The quantitative estimate of drug-likeness (QED) is 0.249. The average molecular weight is 398 g/mol. The first-order valence-corrected chi connectivity index (χ1v) is 9.05. The third kappa shape index (κ3) is 3.37. The lowest BCUT2D eigenvalue weighted by molar-refractivity contribution is 0.453. The molecule has 0 radical (unpaired) electrons. The number of benzene rings is 4. The lowest BCUT2D eigenvalue weighted by atomic mass is 9.96. The standard InChI is InChI=1S/C24H15F5/c1-2-13-3-6-17(20(25)9-13)15-4-7-18(21(26)11-15)14-5-8-19-16(10-14)12-22(27)24(29)23(19)28/h3-12H,2H2,1H3. The minimum atomic E-state index is -1.54. The lowest BCUT2D eigenvalue weighted by Crippen LogP contribution is -1.93. The first kappa shape index (κ1) is 19.1. The fraction of sp³-hybridized carbons (Fsp3) is 0.0833. The number of hydrogen-bond acceptors (Lipinski definition) is 0. The van der Waals surface area contributed by atoms with Crippen LogP contribution >= 0.6 is 0 Å². The van der Waals surface area contributed by atoms with Crippen molar-refractivity contribution in [3.8, 4) is 22.3 Å². The van der Waals surface area contributed by atoms with Crippen LogP contribution in [0.1, 0.15) is 12.5 Å². The second kappa shape index (κ2) is 7.32. The Morgan fingerprint density at radius 1 is 0.586 bits per heavy atom. The summed E-state index contributed by atoms with van der Waals surface area (Å²) in [6.07, 6.45) is 0.692. The molecule has 0 atom stereocenters. The van der Waals surface area contributed by atoms with E-state index in [1.807, 2.05) is 6.92 Å². The van der Waals surface area contributed by atoms with Gasteiger partial charge in [0.05, 0.1) is 0 Å². The summed E-state index contributed by atoms with van der Waals surface area (Å²) in [5.41, 5.74) is 2.06. The molecule has 0 aliphatic heterocycles. The van der Waals surface area contributed by atoms with Gasteiger partial charge in [-0.05, 0) is 52.8 Å². The molecule has 4 rings (SSSR count). The minimum absolute atomic E-state index is 0.0947. The van der Waals surface area contributed by atoms with Gasteiger partial charge in [-0.25, -0.2) is 22.0 Å². The highest BCUT2D eigenvalue weighted by molar-refractivity contribution is 5.88. The van der Waals surface area contributed by atoms with E-state index in [2.05, 4.69) is 0 Å². The highest BCUT2D eigenvalue weighted by Gasteiger charge is 2.15. The van der Waals surface area contributed by atoms with Crippen LogP contribution in [0.25, 0.3) is 33.0 Å². The summed E-state index contributed by atoms with van der Waals surface area (Å²) in [6.45, 7) is 1.92. The van der Waals surface area contributed by atoms with Gasteiger partial charge in [0.1, 0.15) is 11.6 Å². The van der Waals surface area contributed by atoms with Gasteiger partial charge in [-0.15, -0.1) is 0 Å². The van der Waals surface area contributed by atoms with Crippen LogP contribution in [0.2, 0.25) is 0 Å². The molecule has 0 unspecified atom stereocenters. The van der Waals surface area contributed by atoms with Crippen LogP contribution in [0.4, 0.5) is 22.0 Å². The lowest BCUT2D eigenvalue weighted by Gasteiger charge is -2.10. The molecule has 0 amide bonds. The fourth-order valence-corrected chi connectivity index (χ4v) is 3.40. The Bertz CT molecular complexity index is 1240. The van der Waals surface area contributed by atoms with Crippen molar-refractivity contribution in [1.82, 2.24) is 0 Å². The monoisotopic (exact) mass is 398 g/mol. The number of halogens is 5. The summed E-state index contributed by atoms with van der Waals surface area (Å²) in [7, 11) is 0. The molecule has 146 valence electrons. The summed E-state index contributed by atoms with van der Waals surface area (Å²) < 4.78 is 69.9. The van der Waals surface area contributed by atoms with E-state index in [4.69, 9.17) is 0 Å². The summed E-state index contributed by atoms with van der Waals surface area (Å²) >= 11 is 0. The van der Waals surface area contributed by atoms with E-state index < -0.39 is 29.1 Å². The maximum atomic E-state index is 14.8. The first-order valence-electron chi connectivity index (χ1n) is 9.05. The Morgan fingerprint density at radius 3 is 1.86 bits per heavy atom. The van der Waals surface area contributed by atoms with Crippen LogP contribution < -0.4 is 0 Å².